The Morgan fingerprint density at radius 1 is 1.12 bits per heavy atom. The van der Waals surface area contributed by atoms with Crippen LogP contribution in [0.1, 0.15) is 36.2 Å². The summed E-state index contributed by atoms with van der Waals surface area (Å²) >= 11 is 5.89. The fraction of sp³-hybridized carbons (Fsp3) is 0.222. The molecule has 1 atom stereocenters. The van der Waals surface area contributed by atoms with Gasteiger partial charge in [0.2, 0.25) is 0 Å². The van der Waals surface area contributed by atoms with E-state index in [-0.39, 0.29) is 18.4 Å². The Bertz CT molecular complexity index is 1230. The molecule has 34 heavy (non-hydrogen) atoms. The quantitative estimate of drug-likeness (QED) is 0.265. The highest BCUT2D eigenvalue weighted by Crippen LogP contribution is 2.26. The Labute approximate surface area is 204 Å². The van der Waals surface area contributed by atoms with Gasteiger partial charge in [0.1, 0.15) is 18.4 Å². The van der Waals surface area contributed by atoms with Crippen molar-refractivity contribution in [3.05, 3.63) is 76.8 Å². The maximum absolute atomic E-state index is 12.9. The minimum Gasteiger partial charge on any atom is -0.480 e. The summed E-state index contributed by atoms with van der Waals surface area (Å²) < 4.78 is 5.66. The van der Waals surface area contributed by atoms with Crippen molar-refractivity contribution >= 4 is 40.4 Å². The molecule has 2 N–H and O–H groups in total. The SMILES string of the molecule is C#CCOc1ccc2ccccc2c1/C=N/NC(=O)C(CC(C)C)NC(=O)c1ccc(Cl)cc1. The summed E-state index contributed by atoms with van der Waals surface area (Å²) in [6.07, 6.45) is 7.31. The third-order valence-electron chi connectivity index (χ3n) is 5.05. The Kier molecular flexibility index (Phi) is 8.66. The summed E-state index contributed by atoms with van der Waals surface area (Å²) in [4.78, 5) is 25.5. The fourth-order valence-electron chi connectivity index (χ4n) is 3.44. The highest BCUT2D eigenvalue weighted by atomic mass is 35.5. The first-order chi connectivity index (χ1) is 16.4. The van der Waals surface area contributed by atoms with E-state index in [1.165, 1.54) is 6.21 Å². The zero-order chi connectivity index (χ0) is 24.5. The smallest absolute Gasteiger partial charge is 0.262 e. The predicted octanol–water partition coefficient (Wildman–Crippen LogP) is 4.80. The number of hydrazone groups is 1. The molecule has 2 amide bonds. The number of hydrogen-bond acceptors (Lipinski definition) is 4. The zero-order valence-electron chi connectivity index (χ0n) is 19.0. The monoisotopic (exact) mass is 475 g/mol. The molecule has 7 heteroatoms. The van der Waals surface area contributed by atoms with Crippen molar-refractivity contribution in [1.82, 2.24) is 10.7 Å². The van der Waals surface area contributed by atoms with E-state index >= 15 is 0 Å². The second kappa shape index (κ2) is 11.9. The van der Waals surface area contributed by atoms with Crippen LogP contribution in [0.5, 0.6) is 5.75 Å². The van der Waals surface area contributed by atoms with Gasteiger partial charge in [0.15, 0.2) is 0 Å². The second-order valence-electron chi connectivity index (χ2n) is 8.09. The molecule has 3 aromatic rings. The maximum Gasteiger partial charge on any atom is 0.262 e. The third-order valence-corrected chi connectivity index (χ3v) is 5.30. The van der Waals surface area contributed by atoms with Gasteiger partial charge in [-0.15, -0.1) is 6.42 Å². The molecule has 0 aromatic heterocycles. The Hall–Kier alpha value is -3.82. The zero-order valence-corrected chi connectivity index (χ0v) is 19.8. The lowest BCUT2D eigenvalue weighted by Crippen LogP contribution is -2.46. The van der Waals surface area contributed by atoms with E-state index in [1.54, 1.807) is 24.3 Å². The van der Waals surface area contributed by atoms with Gasteiger partial charge in [-0.3, -0.25) is 9.59 Å². The maximum atomic E-state index is 12.9. The molecule has 0 radical (unpaired) electrons. The van der Waals surface area contributed by atoms with Crippen molar-refractivity contribution in [2.24, 2.45) is 11.0 Å². The van der Waals surface area contributed by atoms with Crippen LogP contribution in [-0.4, -0.2) is 30.7 Å². The first-order valence-electron chi connectivity index (χ1n) is 10.9. The first-order valence-corrected chi connectivity index (χ1v) is 11.2. The molecule has 0 saturated heterocycles. The molecule has 0 aliphatic heterocycles. The molecule has 0 saturated carbocycles. The topological polar surface area (TPSA) is 79.8 Å². The van der Waals surface area contributed by atoms with Gasteiger partial charge in [0.05, 0.1) is 6.21 Å². The number of carbonyl (C=O) groups excluding carboxylic acids is 2. The van der Waals surface area contributed by atoms with E-state index in [2.05, 4.69) is 21.8 Å². The number of ether oxygens (including phenoxy) is 1. The van der Waals surface area contributed by atoms with Gasteiger partial charge in [-0.05, 0) is 53.4 Å². The van der Waals surface area contributed by atoms with Crippen molar-refractivity contribution in [2.75, 3.05) is 6.61 Å². The van der Waals surface area contributed by atoms with Crippen LogP contribution in [0.25, 0.3) is 10.8 Å². The Balaban J connectivity index is 1.78. The molecular formula is C27H26ClN3O3. The summed E-state index contributed by atoms with van der Waals surface area (Å²) in [7, 11) is 0. The summed E-state index contributed by atoms with van der Waals surface area (Å²) in [5.74, 6) is 2.40. The largest absolute Gasteiger partial charge is 0.480 e. The second-order valence-corrected chi connectivity index (χ2v) is 8.52. The van der Waals surface area contributed by atoms with E-state index in [9.17, 15) is 9.59 Å². The van der Waals surface area contributed by atoms with Crippen LogP contribution in [0, 0.1) is 18.3 Å². The van der Waals surface area contributed by atoms with Crippen LogP contribution >= 0.6 is 11.6 Å². The molecule has 174 valence electrons. The molecule has 0 aliphatic rings. The fourth-order valence-corrected chi connectivity index (χ4v) is 3.56. The molecule has 0 aliphatic carbocycles. The standard InChI is InChI=1S/C27H26ClN3O3/c1-4-15-34-25-14-11-19-7-5-6-8-22(19)23(25)17-29-31-27(33)24(16-18(2)3)30-26(32)20-9-12-21(28)13-10-20/h1,5-14,17-18,24H,15-16H2,2-3H3,(H,30,32)(H,31,33)/b29-17+. The molecular weight excluding hydrogens is 450 g/mol. The molecule has 0 fully saturated rings. The van der Waals surface area contributed by atoms with Crippen molar-refractivity contribution < 1.29 is 14.3 Å². The minimum absolute atomic E-state index is 0.110. The van der Waals surface area contributed by atoms with Crippen molar-refractivity contribution in [3.63, 3.8) is 0 Å². The van der Waals surface area contributed by atoms with Gasteiger partial charge in [0.25, 0.3) is 11.8 Å². The van der Waals surface area contributed by atoms with Crippen molar-refractivity contribution in [3.8, 4) is 18.1 Å². The van der Waals surface area contributed by atoms with Crippen LogP contribution in [0.4, 0.5) is 0 Å². The summed E-state index contributed by atoms with van der Waals surface area (Å²) in [5.41, 5.74) is 3.66. The number of rotatable bonds is 9. The van der Waals surface area contributed by atoms with Crippen molar-refractivity contribution in [2.45, 2.75) is 26.3 Å². The van der Waals surface area contributed by atoms with Gasteiger partial charge in [-0.2, -0.15) is 5.10 Å². The lowest BCUT2D eigenvalue weighted by molar-refractivity contribution is -0.123. The number of amides is 2. The van der Waals surface area contributed by atoms with E-state index < -0.39 is 11.9 Å². The lowest BCUT2D eigenvalue weighted by atomic mass is 10.0. The highest BCUT2D eigenvalue weighted by molar-refractivity contribution is 6.30. The summed E-state index contributed by atoms with van der Waals surface area (Å²) in [5, 5.41) is 9.37. The van der Waals surface area contributed by atoms with Crippen LogP contribution in [-0.2, 0) is 4.79 Å². The molecule has 3 aromatic carbocycles. The van der Waals surface area contributed by atoms with E-state index in [0.717, 1.165) is 10.8 Å². The Morgan fingerprint density at radius 3 is 2.56 bits per heavy atom. The molecule has 0 heterocycles. The average molecular weight is 476 g/mol. The van der Waals surface area contributed by atoms with Crippen LogP contribution in [0.15, 0.2) is 65.8 Å². The molecule has 0 bridgehead atoms. The number of terminal acetylenes is 1. The number of nitrogens with zero attached hydrogens (tertiary/aromatic N) is 1. The van der Waals surface area contributed by atoms with Gasteiger partial charge < -0.3 is 10.1 Å². The predicted molar refractivity (Wildman–Crippen MR) is 136 cm³/mol. The molecule has 0 spiro atoms. The lowest BCUT2D eigenvalue weighted by Gasteiger charge is -2.19. The van der Waals surface area contributed by atoms with Crippen LogP contribution in [0.2, 0.25) is 5.02 Å². The van der Waals surface area contributed by atoms with Gasteiger partial charge in [-0.1, -0.05) is 61.7 Å². The van der Waals surface area contributed by atoms with Crippen molar-refractivity contribution in [1.29, 1.82) is 0 Å². The van der Waals surface area contributed by atoms with Gasteiger partial charge in [-0.25, -0.2) is 5.43 Å². The third kappa shape index (κ3) is 6.60. The van der Waals surface area contributed by atoms with Gasteiger partial charge >= 0.3 is 0 Å². The summed E-state index contributed by atoms with van der Waals surface area (Å²) in [6.45, 7) is 4.06. The summed E-state index contributed by atoms with van der Waals surface area (Å²) in [6, 6.07) is 17.2. The molecule has 6 nitrogen and oxygen atoms in total. The van der Waals surface area contributed by atoms with E-state index in [0.29, 0.717) is 28.3 Å². The number of carbonyl (C=O) groups is 2. The number of benzene rings is 3. The van der Waals surface area contributed by atoms with Gasteiger partial charge in [0, 0.05) is 16.1 Å². The normalized spacial score (nSPS) is 11.9. The number of hydrogen-bond donors (Lipinski definition) is 2. The first kappa shape index (κ1) is 24.8. The molecule has 3 rings (SSSR count). The van der Waals surface area contributed by atoms with E-state index in [4.69, 9.17) is 22.8 Å². The van der Waals surface area contributed by atoms with E-state index in [1.807, 2.05) is 50.2 Å². The van der Waals surface area contributed by atoms with Crippen LogP contribution in [0.3, 0.4) is 0 Å². The van der Waals surface area contributed by atoms with Crippen LogP contribution < -0.4 is 15.5 Å². The Morgan fingerprint density at radius 2 is 1.85 bits per heavy atom. The minimum atomic E-state index is -0.759. The number of fused-ring (bicyclic) bond motifs is 1. The highest BCUT2D eigenvalue weighted by Gasteiger charge is 2.22. The molecule has 1 unspecified atom stereocenters. The number of halogens is 1. The number of nitrogens with one attached hydrogen (secondary N) is 2. The average Bonchev–Trinajstić information content (AvgIpc) is 2.82.